The van der Waals surface area contributed by atoms with E-state index in [9.17, 15) is 14.7 Å². The normalized spacial score (nSPS) is 16.0. The van der Waals surface area contributed by atoms with Crippen molar-refractivity contribution < 1.29 is 24.5 Å². The van der Waals surface area contributed by atoms with Gasteiger partial charge >= 0.3 is 12.0 Å². The van der Waals surface area contributed by atoms with Crippen LogP contribution in [0.3, 0.4) is 0 Å². The Morgan fingerprint density at radius 3 is 2.73 bits per heavy atom. The molecule has 0 spiro atoms. The summed E-state index contributed by atoms with van der Waals surface area (Å²) in [4.78, 5) is 25.7. The number of hydrogen-bond acceptors (Lipinski definition) is 5. The number of carbonyl (C=O) groups excluding carboxylic acids is 1. The number of thiophene rings is 1. The third-order valence-electron chi connectivity index (χ3n) is 3.50. The summed E-state index contributed by atoms with van der Waals surface area (Å²) in [5.74, 6) is -1.06. The summed E-state index contributed by atoms with van der Waals surface area (Å²) in [6.07, 6.45) is 0.489. The Bertz CT molecular complexity index is 596. The molecule has 8 heteroatoms. The van der Waals surface area contributed by atoms with Gasteiger partial charge in [0, 0.05) is 24.9 Å². The molecule has 22 heavy (non-hydrogen) atoms. The topological polar surface area (TPSA) is 99.1 Å². The van der Waals surface area contributed by atoms with Crippen molar-refractivity contribution in [3.63, 3.8) is 0 Å². The average molecular weight is 328 g/mol. The van der Waals surface area contributed by atoms with Crippen LogP contribution in [0.5, 0.6) is 0 Å². The minimum absolute atomic E-state index is 0.141. The van der Waals surface area contributed by atoms with E-state index in [1.165, 1.54) is 23.3 Å². The second-order valence-corrected chi connectivity index (χ2v) is 6.92. The van der Waals surface area contributed by atoms with E-state index in [4.69, 9.17) is 9.84 Å². The zero-order chi connectivity index (χ0) is 16.5. The van der Waals surface area contributed by atoms with Crippen LogP contribution in [0.2, 0.25) is 0 Å². The molecule has 2 rings (SSSR count). The summed E-state index contributed by atoms with van der Waals surface area (Å²) in [5.41, 5.74) is 0.448. The van der Waals surface area contributed by atoms with Crippen LogP contribution in [-0.4, -0.2) is 52.9 Å². The SMILES string of the molecule is CN(CCO)C(=O)Nc1sc2c(c1C(=O)O)CC(C)(C)OC2. The Kier molecular flexibility index (Phi) is 4.74. The summed E-state index contributed by atoms with van der Waals surface area (Å²) < 4.78 is 5.69. The number of rotatable bonds is 4. The van der Waals surface area contributed by atoms with Gasteiger partial charge in [0.25, 0.3) is 0 Å². The summed E-state index contributed by atoms with van der Waals surface area (Å²) >= 11 is 1.23. The van der Waals surface area contributed by atoms with Gasteiger partial charge in [-0.2, -0.15) is 0 Å². The molecule has 0 aliphatic carbocycles. The second kappa shape index (κ2) is 6.23. The Hall–Kier alpha value is -1.64. The predicted octanol–water partition coefficient (Wildman–Crippen LogP) is 1.75. The Balaban J connectivity index is 2.31. The Morgan fingerprint density at radius 2 is 2.14 bits per heavy atom. The smallest absolute Gasteiger partial charge is 0.339 e. The molecule has 3 N–H and O–H groups in total. The van der Waals surface area contributed by atoms with Gasteiger partial charge in [0.15, 0.2) is 0 Å². The van der Waals surface area contributed by atoms with Gasteiger partial charge in [0.05, 0.1) is 24.4 Å². The highest BCUT2D eigenvalue weighted by Crippen LogP contribution is 2.40. The molecule has 0 unspecified atom stereocenters. The predicted molar refractivity (Wildman–Crippen MR) is 82.6 cm³/mol. The lowest BCUT2D eigenvalue weighted by Gasteiger charge is -2.30. The fourth-order valence-corrected chi connectivity index (χ4v) is 3.42. The van der Waals surface area contributed by atoms with Gasteiger partial charge in [-0.25, -0.2) is 9.59 Å². The minimum Gasteiger partial charge on any atom is -0.478 e. The molecule has 0 fully saturated rings. The number of aromatic carboxylic acids is 1. The van der Waals surface area contributed by atoms with Gasteiger partial charge in [-0.15, -0.1) is 11.3 Å². The van der Waals surface area contributed by atoms with Crippen molar-refractivity contribution in [3.05, 3.63) is 16.0 Å². The van der Waals surface area contributed by atoms with Gasteiger partial charge in [-0.1, -0.05) is 0 Å². The number of carboxylic acids is 1. The van der Waals surface area contributed by atoms with Crippen LogP contribution >= 0.6 is 11.3 Å². The molecular formula is C14H20N2O5S. The standard InChI is InChI=1S/C14H20N2O5S/c1-14(2)6-8-9(7-21-14)22-11(10(8)12(18)19)15-13(20)16(3)4-5-17/h17H,4-7H2,1-3H3,(H,15,20)(H,18,19). The number of nitrogens with zero attached hydrogens (tertiary/aromatic N) is 1. The van der Waals surface area contributed by atoms with E-state index in [0.29, 0.717) is 18.0 Å². The average Bonchev–Trinajstić information content (AvgIpc) is 2.74. The number of aliphatic hydroxyl groups excluding tert-OH is 1. The van der Waals surface area contributed by atoms with Crippen molar-refractivity contribution in [2.24, 2.45) is 0 Å². The summed E-state index contributed by atoms with van der Waals surface area (Å²) in [7, 11) is 1.53. The van der Waals surface area contributed by atoms with Gasteiger partial charge in [0.2, 0.25) is 0 Å². The molecular weight excluding hydrogens is 308 g/mol. The van der Waals surface area contributed by atoms with Gasteiger partial charge in [0.1, 0.15) is 5.00 Å². The first-order valence-corrected chi connectivity index (χ1v) is 7.71. The maximum Gasteiger partial charge on any atom is 0.339 e. The van der Waals surface area contributed by atoms with Crippen molar-refractivity contribution in [2.45, 2.75) is 32.5 Å². The molecule has 1 aliphatic rings. The molecule has 0 radical (unpaired) electrons. The fraction of sp³-hybridized carbons (Fsp3) is 0.571. The number of urea groups is 1. The van der Waals surface area contributed by atoms with E-state index >= 15 is 0 Å². The minimum atomic E-state index is -1.06. The van der Waals surface area contributed by atoms with E-state index in [0.717, 1.165) is 10.4 Å². The molecule has 0 bridgehead atoms. The van der Waals surface area contributed by atoms with E-state index in [1.807, 2.05) is 13.8 Å². The van der Waals surface area contributed by atoms with Crippen LogP contribution < -0.4 is 5.32 Å². The van der Waals surface area contributed by atoms with Crippen molar-refractivity contribution in [2.75, 3.05) is 25.5 Å². The van der Waals surface area contributed by atoms with Gasteiger partial charge in [-0.05, 0) is 19.4 Å². The lowest BCUT2D eigenvalue weighted by Crippen LogP contribution is -2.34. The maximum atomic E-state index is 12.0. The zero-order valence-corrected chi connectivity index (χ0v) is 13.6. The van der Waals surface area contributed by atoms with Crippen LogP contribution in [0.1, 0.15) is 34.6 Å². The lowest BCUT2D eigenvalue weighted by molar-refractivity contribution is -0.0384. The molecule has 2 amide bonds. The molecule has 1 aliphatic heterocycles. The highest BCUT2D eigenvalue weighted by Gasteiger charge is 2.34. The van der Waals surface area contributed by atoms with Crippen molar-refractivity contribution in [3.8, 4) is 0 Å². The van der Waals surface area contributed by atoms with E-state index in [-0.39, 0.29) is 18.7 Å². The van der Waals surface area contributed by atoms with Crippen molar-refractivity contribution >= 4 is 28.3 Å². The van der Waals surface area contributed by atoms with Crippen molar-refractivity contribution in [1.82, 2.24) is 4.90 Å². The molecule has 0 aromatic carbocycles. The molecule has 0 atom stereocenters. The number of nitrogens with one attached hydrogen (secondary N) is 1. The quantitative estimate of drug-likeness (QED) is 0.782. The first-order chi connectivity index (χ1) is 10.2. The fourth-order valence-electron chi connectivity index (χ4n) is 2.31. The van der Waals surface area contributed by atoms with Crippen LogP contribution in [-0.2, 0) is 17.8 Å². The number of amides is 2. The number of ether oxygens (including phenoxy) is 1. The lowest BCUT2D eigenvalue weighted by atomic mass is 9.93. The van der Waals surface area contributed by atoms with E-state index in [2.05, 4.69) is 5.32 Å². The number of anilines is 1. The molecule has 1 aromatic heterocycles. The molecule has 0 saturated heterocycles. The van der Waals surface area contributed by atoms with E-state index < -0.39 is 17.6 Å². The van der Waals surface area contributed by atoms with Gasteiger partial charge < -0.3 is 19.8 Å². The number of likely N-dealkylation sites (N-methyl/N-ethyl adjacent to an activating group) is 1. The molecule has 2 heterocycles. The first kappa shape index (κ1) is 16.7. The molecule has 1 aromatic rings. The Morgan fingerprint density at radius 1 is 1.45 bits per heavy atom. The monoisotopic (exact) mass is 328 g/mol. The van der Waals surface area contributed by atoms with Crippen LogP contribution in [0.25, 0.3) is 0 Å². The highest BCUT2D eigenvalue weighted by molar-refractivity contribution is 7.17. The summed E-state index contributed by atoms with van der Waals surface area (Å²) in [6.45, 7) is 4.18. The third-order valence-corrected chi connectivity index (χ3v) is 4.62. The molecule has 122 valence electrons. The highest BCUT2D eigenvalue weighted by atomic mass is 32.1. The van der Waals surface area contributed by atoms with Crippen molar-refractivity contribution in [1.29, 1.82) is 0 Å². The first-order valence-electron chi connectivity index (χ1n) is 6.90. The summed E-state index contributed by atoms with van der Waals surface area (Å²) in [6, 6.07) is -0.449. The van der Waals surface area contributed by atoms with Crippen LogP contribution in [0.15, 0.2) is 0 Å². The number of aliphatic hydroxyl groups is 1. The largest absolute Gasteiger partial charge is 0.478 e. The number of hydrogen-bond donors (Lipinski definition) is 3. The third kappa shape index (κ3) is 3.40. The van der Waals surface area contributed by atoms with Crippen LogP contribution in [0, 0.1) is 0 Å². The number of carboxylic acid groups (broad SMARTS) is 1. The molecule has 7 nitrogen and oxygen atoms in total. The molecule has 0 saturated carbocycles. The van der Waals surface area contributed by atoms with E-state index in [1.54, 1.807) is 0 Å². The Labute approximate surface area is 132 Å². The zero-order valence-electron chi connectivity index (χ0n) is 12.8. The maximum absolute atomic E-state index is 12.0. The van der Waals surface area contributed by atoms with Gasteiger partial charge in [-0.3, -0.25) is 5.32 Å². The number of carbonyl (C=O) groups is 2. The number of fused-ring (bicyclic) bond motifs is 1. The summed E-state index contributed by atoms with van der Waals surface area (Å²) in [5, 5.41) is 21.3. The second-order valence-electron chi connectivity index (χ2n) is 5.81. The van der Waals surface area contributed by atoms with Crippen LogP contribution in [0.4, 0.5) is 9.80 Å².